The third kappa shape index (κ3) is 3.93. The number of nitrogens with zero attached hydrogens (tertiary/aromatic N) is 3. The quantitative estimate of drug-likeness (QED) is 0.399. The van der Waals surface area contributed by atoms with Gasteiger partial charge in [0.2, 0.25) is 0 Å². The normalized spacial score (nSPS) is 15.1. The summed E-state index contributed by atoms with van der Waals surface area (Å²) in [5.74, 6) is 0.0576. The number of H-pyrrole nitrogens is 1. The summed E-state index contributed by atoms with van der Waals surface area (Å²) in [5.41, 5.74) is 2.87. The monoisotopic (exact) mass is 458 g/mol. The lowest BCUT2D eigenvalue weighted by Crippen LogP contribution is -2.27. The first kappa shape index (κ1) is 20.2. The Morgan fingerprint density at radius 1 is 1.12 bits per heavy atom. The van der Waals surface area contributed by atoms with Crippen LogP contribution in [0.15, 0.2) is 80.2 Å². The van der Waals surface area contributed by atoms with E-state index >= 15 is 0 Å². The highest BCUT2D eigenvalue weighted by atomic mass is 32.2. The average Bonchev–Trinajstić information content (AvgIpc) is 3.48. The number of benzene rings is 2. The molecular weight excluding hydrogens is 444 g/mol. The minimum atomic E-state index is -0.407. The number of amides is 2. The lowest BCUT2D eigenvalue weighted by Gasteiger charge is -2.13. The molecule has 156 valence electrons. The van der Waals surface area contributed by atoms with Gasteiger partial charge in [-0.2, -0.15) is 5.26 Å². The molecule has 1 aliphatic rings. The van der Waals surface area contributed by atoms with Gasteiger partial charge in [0.15, 0.2) is 10.2 Å². The minimum absolute atomic E-state index is 0.0526. The predicted octanol–water partition coefficient (Wildman–Crippen LogP) is 5.42. The Bertz CT molecular complexity index is 1400. The summed E-state index contributed by atoms with van der Waals surface area (Å²) < 4.78 is 5.81. The number of hydrogen-bond acceptors (Lipinski definition) is 7. The number of thioether (sulfide) groups is 1. The van der Waals surface area contributed by atoms with Gasteiger partial charge in [-0.1, -0.05) is 30.3 Å². The van der Waals surface area contributed by atoms with E-state index in [1.807, 2.05) is 24.3 Å². The van der Waals surface area contributed by atoms with E-state index in [0.717, 1.165) is 27.7 Å². The van der Waals surface area contributed by atoms with Crippen LogP contribution in [-0.4, -0.2) is 26.0 Å². The van der Waals surface area contributed by atoms with E-state index in [4.69, 9.17) is 4.42 Å². The first-order valence-electron chi connectivity index (χ1n) is 9.56. The summed E-state index contributed by atoms with van der Waals surface area (Å²) >= 11 is 2.19. The number of imide groups is 1. The molecule has 32 heavy (non-hydrogen) atoms. The van der Waals surface area contributed by atoms with Gasteiger partial charge in [0.25, 0.3) is 11.1 Å². The number of aromatic nitrogens is 2. The van der Waals surface area contributed by atoms with Gasteiger partial charge in [-0.05, 0) is 59.4 Å². The maximum absolute atomic E-state index is 12.8. The standard InChI is InChI=1S/C23H14N4O3S2/c24-12-14-5-1-2-6-15(14)13-27-21(28)19(31-23(27)29)11-16-9-10-20(30-16)32-22-25-17-7-3-4-8-18(17)26-22/h1-11H,13H2,(H,25,26)/b19-11+. The van der Waals surface area contributed by atoms with Crippen molar-refractivity contribution in [1.82, 2.24) is 14.9 Å². The molecule has 4 aromatic rings. The second-order valence-corrected chi connectivity index (χ2v) is 8.84. The third-order valence-electron chi connectivity index (χ3n) is 4.78. The van der Waals surface area contributed by atoms with Crippen LogP contribution < -0.4 is 0 Å². The molecule has 0 radical (unpaired) electrons. The van der Waals surface area contributed by atoms with E-state index in [0.29, 0.717) is 27.1 Å². The molecule has 1 aliphatic heterocycles. The lowest BCUT2D eigenvalue weighted by molar-refractivity contribution is -0.123. The fourth-order valence-electron chi connectivity index (χ4n) is 3.24. The van der Waals surface area contributed by atoms with Crippen molar-refractivity contribution < 1.29 is 14.0 Å². The number of aromatic amines is 1. The molecule has 9 heteroatoms. The molecule has 1 fully saturated rings. The number of carbonyl (C=O) groups is 2. The van der Waals surface area contributed by atoms with Gasteiger partial charge in [0.1, 0.15) is 5.76 Å². The van der Waals surface area contributed by atoms with Gasteiger partial charge in [0, 0.05) is 6.08 Å². The number of imidazole rings is 1. The Kier molecular flexibility index (Phi) is 5.31. The molecule has 1 N–H and O–H groups in total. The summed E-state index contributed by atoms with van der Waals surface area (Å²) in [6.45, 7) is 0.0526. The van der Waals surface area contributed by atoms with E-state index in [9.17, 15) is 14.9 Å². The molecule has 0 atom stereocenters. The fraction of sp³-hybridized carbons (Fsp3) is 0.0435. The van der Waals surface area contributed by atoms with Gasteiger partial charge in [-0.3, -0.25) is 14.5 Å². The van der Waals surface area contributed by atoms with Gasteiger partial charge in [0.05, 0.1) is 34.1 Å². The number of furan rings is 1. The molecule has 1 saturated heterocycles. The molecule has 2 amide bonds. The number of fused-ring (bicyclic) bond motifs is 1. The van der Waals surface area contributed by atoms with E-state index in [1.165, 1.54) is 11.8 Å². The van der Waals surface area contributed by atoms with Crippen LogP contribution in [0.3, 0.4) is 0 Å². The minimum Gasteiger partial charge on any atom is -0.450 e. The molecule has 2 aromatic carbocycles. The molecule has 2 aromatic heterocycles. The number of nitriles is 1. The van der Waals surface area contributed by atoms with Crippen molar-refractivity contribution in [3.63, 3.8) is 0 Å². The molecule has 7 nitrogen and oxygen atoms in total. The first-order valence-corrected chi connectivity index (χ1v) is 11.2. The van der Waals surface area contributed by atoms with Gasteiger partial charge >= 0.3 is 0 Å². The zero-order chi connectivity index (χ0) is 22.1. The van der Waals surface area contributed by atoms with Crippen molar-refractivity contribution in [2.45, 2.75) is 16.8 Å². The molecule has 3 heterocycles. The zero-order valence-electron chi connectivity index (χ0n) is 16.4. The molecule has 0 spiro atoms. The van der Waals surface area contributed by atoms with E-state index in [-0.39, 0.29) is 16.7 Å². The van der Waals surface area contributed by atoms with Crippen LogP contribution in [0.5, 0.6) is 0 Å². The molecule has 0 aliphatic carbocycles. The Morgan fingerprint density at radius 2 is 1.94 bits per heavy atom. The Hall–Kier alpha value is -3.74. The van der Waals surface area contributed by atoms with Crippen LogP contribution in [0.4, 0.5) is 4.79 Å². The molecule has 0 unspecified atom stereocenters. The number of hydrogen-bond donors (Lipinski definition) is 1. The van der Waals surface area contributed by atoms with Crippen LogP contribution in [0.2, 0.25) is 0 Å². The second-order valence-electron chi connectivity index (χ2n) is 6.85. The van der Waals surface area contributed by atoms with Crippen molar-refractivity contribution in [1.29, 1.82) is 5.26 Å². The highest BCUT2D eigenvalue weighted by molar-refractivity contribution is 8.18. The third-order valence-corrected chi connectivity index (χ3v) is 6.49. The van der Waals surface area contributed by atoms with Crippen molar-refractivity contribution in [3.05, 3.63) is 82.5 Å². The van der Waals surface area contributed by atoms with Crippen molar-refractivity contribution in [3.8, 4) is 6.07 Å². The van der Waals surface area contributed by atoms with E-state index < -0.39 is 5.91 Å². The van der Waals surface area contributed by atoms with Gasteiger partial charge in [-0.15, -0.1) is 0 Å². The summed E-state index contributed by atoms with van der Waals surface area (Å²) in [7, 11) is 0. The largest absolute Gasteiger partial charge is 0.450 e. The highest BCUT2D eigenvalue weighted by Crippen LogP contribution is 2.35. The fourth-order valence-corrected chi connectivity index (χ4v) is 4.83. The van der Waals surface area contributed by atoms with Crippen LogP contribution >= 0.6 is 23.5 Å². The number of para-hydroxylation sites is 2. The second kappa shape index (κ2) is 8.42. The Balaban J connectivity index is 1.32. The molecule has 5 rings (SSSR count). The number of rotatable bonds is 5. The Morgan fingerprint density at radius 3 is 2.78 bits per heavy atom. The summed E-state index contributed by atoms with van der Waals surface area (Å²) in [6, 6.07) is 20.3. The van der Waals surface area contributed by atoms with Crippen molar-refractivity contribution in [2.75, 3.05) is 0 Å². The maximum atomic E-state index is 12.8. The predicted molar refractivity (Wildman–Crippen MR) is 122 cm³/mol. The van der Waals surface area contributed by atoms with Gasteiger partial charge in [-0.25, -0.2) is 4.98 Å². The van der Waals surface area contributed by atoms with Crippen molar-refractivity contribution >= 4 is 51.8 Å². The Labute approximate surface area is 191 Å². The van der Waals surface area contributed by atoms with Gasteiger partial charge < -0.3 is 9.40 Å². The van der Waals surface area contributed by atoms with Crippen LogP contribution in [0.25, 0.3) is 17.1 Å². The summed E-state index contributed by atoms with van der Waals surface area (Å²) in [5, 5.41) is 10.2. The van der Waals surface area contributed by atoms with E-state index in [2.05, 4.69) is 16.0 Å². The SMILES string of the molecule is N#Cc1ccccc1CN1C(=O)S/C(=C/c2ccc(Sc3nc4ccccc4[nH]3)o2)C1=O. The topological polar surface area (TPSA) is 103 Å². The maximum Gasteiger partial charge on any atom is 0.293 e. The number of carbonyl (C=O) groups excluding carboxylic acids is 2. The molecule has 0 bridgehead atoms. The molecular formula is C23H14N4O3S2. The first-order chi connectivity index (χ1) is 15.6. The van der Waals surface area contributed by atoms with Crippen LogP contribution in [-0.2, 0) is 11.3 Å². The highest BCUT2D eigenvalue weighted by Gasteiger charge is 2.35. The summed E-state index contributed by atoms with van der Waals surface area (Å²) in [6.07, 6.45) is 1.56. The number of nitrogens with one attached hydrogen (secondary N) is 1. The smallest absolute Gasteiger partial charge is 0.293 e. The van der Waals surface area contributed by atoms with E-state index in [1.54, 1.807) is 42.5 Å². The average molecular weight is 459 g/mol. The van der Waals surface area contributed by atoms with Crippen molar-refractivity contribution in [2.24, 2.45) is 0 Å². The lowest BCUT2D eigenvalue weighted by atomic mass is 10.1. The van der Waals surface area contributed by atoms with Crippen LogP contribution in [0, 0.1) is 11.3 Å². The van der Waals surface area contributed by atoms with Crippen LogP contribution in [0.1, 0.15) is 16.9 Å². The molecule has 0 saturated carbocycles. The summed E-state index contributed by atoms with van der Waals surface area (Å²) in [4.78, 5) is 34.4. The zero-order valence-corrected chi connectivity index (χ0v) is 18.1.